The van der Waals surface area contributed by atoms with E-state index in [1.165, 1.54) is 11.3 Å². The van der Waals surface area contributed by atoms with E-state index in [9.17, 15) is 4.79 Å². The number of thiazole rings is 1. The Morgan fingerprint density at radius 2 is 2.22 bits per heavy atom. The highest BCUT2D eigenvalue weighted by molar-refractivity contribution is 7.22. The van der Waals surface area contributed by atoms with Crippen molar-refractivity contribution >= 4 is 32.8 Å². The van der Waals surface area contributed by atoms with Crippen molar-refractivity contribution in [1.29, 1.82) is 0 Å². The van der Waals surface area contributed by atoms with Gasteiger partial charge in [0.05, 0.1) is 16.0 Å². The van der Waals surface area contributed by atoms with Crippen molar-refractivity contribution in [2.24, 2.45) is 0 Å². The Labute approximate surface area is 109 Å². The number of carboxylic acids is 1. The Morgan fingerprint density at radius 3 is 2.78 bits per heavy atom. The SMILES string of the molecule is CCc1nc2nc(NC(C)C)sc2cc1C(=O)O. The molecule has 6 heteroatoms. The molecule has 0 saturated heterocycles. The second-order valence-electron chi connectivity index (χ2n) is 4.28. The molecule has 0 aliphatic carbocycles. The third-order valence-corrected chi connectivity index (χ3v) is 3.36. The van der Waals surface area contributed by atoms with Crippen LogP contribution in [0.15, 0.2) is 6.07 Å². The quantitative estimate of drug-likeness (QED) is 0.889. The summed E-state index contributed by atoms with van der Waals surface area (Å²) in [5.74, 6) is -0.937. The Morgan fingerprint density at radius 1 is 1.50 bits per heavy atom. The number of carboxylic acid groups (broad SMARTS) is 1. The maximum Gasteiger partial charge on any atom is 0.337 e. The zero-order valence-electron chi connectivity index (χ0n) is 10.5. The van der Waals surface area contributed by atoms with E-state index in [-0.39, 0.29) is 11.6 Å². The molecule has 0 amide bonds. The number of hydrogen-bond donors (Lipinski definition) is 2. The lowest BCUT2D eigenvalue weighted by Gasteiger charge is -2.03. The Bertz CT molecular complexity index is 592. The van der Waals surface area contributed by atoms with Crippen LogP contribution < -0.4 is 5.32 Å². The Hall–Kier alpha value is -1.69. The lowest BCUT2D eigenvalue weighted by molar-refractivity contribution is 0.0695. The van der Waals surface area contributed by atoms with Gasteiger partial charge in [-0.2, -0.15) is 0 Å². The molecule has 5 nitrogen and oxygen atoms in total. The van der Waals surface area contributed by atoms with Crippen LogP contribution in [0.1, 0.15) is 36.8 Å². The van der Waals surface area contributed by atoms with Gasteiger partial charge in [-0.15, -0.1) is 0 Å². The molecular weight excluding hydrogens is 250 g/mol. The highest BCUT2D eigenvalue weighted by atomic mass is 32.1. The molecule has 0 fully saturated rings. The van der Waals surface area contributed by atoms with Crippen LogP contribution in [0.5, 0.6) is 0 Å². The number of aryl methyl sites for hydroxylation is 1. The van der Waals surface area contributed by atoms with Gasteiger partial charge >= 0.3 is 5.97 Å². The minimum atomic E-state index is -0.937. The van der Waals surface area contributed by atoms with Crippen molar-refractivity contribution in [2.45, 2.75) is 33.2 Å². The summed E-state index contributed by atoms with van der Waals surface area (Å²) in [6.07, 6.45) is 0.585. The van der Waals surface area contributed by atoms with E-state index in [1.54, 1.807) is 6.07 Å². The first kappa shape index (κ1) is 12.8. The van der Waals surface area contributed by atoms with E-state index in [0.29, 0.717) is 17.8 Å². The first-order chi connectivity index (χ1) is 8.51. The van der Waals surface area contributed by atoms with Crippen LogP contribution in [0.25, 0.3) is 10.3 Å². The van der Waals surface area contributed by atoms with Gasteiger partial charge in [0.1, 0.15) is 0 Å². The van der Waals surface area contributed by atoms with Crippen molar-refractivity contribution < 1.29 is 9.90 Å². The van der Waals surface area contributed by atoms with E-state index in [0.717, 1.165) is 9.83 Å². The standard InChI is InChI=1S/C12H15N3O2S/c1-4-8-7(11(16)17)5-9-10(14-8)15-12(18-9)13-6(2)3/h5-6H,4H2,1-3H3,(H,16,17)(H,13,14,15). The number of fused-ring (bicyclic) bond motifs is 1. The highest BCUT2D eigenvalue weighted by Crippen LogP contribution is 2.27. The third-order valence-electron chi connectivity index (χ3n) is 2.44. The molecule has 18 heavy (non-hydrogen) atoms. The Kier molecular flexibility index (Phi) is 3.47. The molecule has 0 aliphatic rings. The molecule has 2 aromatic heterocycles. The van der Waals surface area contributed by atoms with Gasteiger partial charge in [0.25, 0.3) is 0 Å². The number of nitrogens with one attached hydrogen (secondary N) is 1. The average molecular weight is 265 g/mol. The summed E-state index contributed by atoms with van der Waals surface area (Å²) in [6, 6.07) is 1.95. The highest BCUT2D eigenvalue weighted by Gasteiger charge is 2.15. The van der Waals surface area contributed by atoms with E-state index in [2.05, 4.69) is 15.3 Å². The van der Waals surface area contributed by atoms with Crippen LogP contribution in [-0.4, -0.2) is 27.1 Å². The summed E-state index contributed by atoms with van der Waals surface area (Å²) in [4.78, 5) is 19.8. The molecule has 2 N–H and O–H groups in total. The van der Waals surface area contributed by atoms with Gasteiger partial charge in [0.15, 0.2) is 10.8 Å². The van der Waals surface area contributed by atoms with Gasteiger partial charge in [-0.25, -0.2) is 14.8 Å². The molecule has 96 valence electrons. The summed E-state index contributed by atoms with van der Waals surface area (Å²) < 4.78 is 0.799. The van der Waals surface area contributed by atoms with E-state index in [4.69, 9.17) is 5.11 Å². The van der Waals surface area contributed by atoms with Gasteiger partial charge < -0.3 is 10.4 Å². The van der Waals surface area contributed by atoms with E-state index < -0.39 is 5.97 Å². The molecule has 0 aliphatic heterocycles. The molecule has 0 bridgehead atoms. The second kappa shape index (κ2) is 4.89. The largest absolute Gasteiger partial charge is 0.478 e. The molecule has 0 atom stereocenters. The molecule has 2 heterocycles. The zero-order valence-corrected chi connectivity index (χ0v) is 11.3. The van der Waals surface area contributed by atoms with Crippen LogP contribution in [0.3, 0.4) is 0 Å². The van der Waals surface area contributed by atoms with E-state index in [1.807, 2.05) is 20.8 Å². The lowest BCUT2D eigenvalue weighted by atomic mass is 10.1. The Balaban J connectivity index is 2.52. The normalized spacial score (nSPS) is 11.1. The number of aromatic nitrogens is 2. The van der Waals surface area contributed by atoms with Gasteiger partial charge in [-0.3, -0.25) is 0 Å². The van der Waals surface area contributed by atoms with Crippen LogP contribution in [0.2, 0.25) is 0 Å². The molecule has 0 aromatic carbocycles. The van der Waals surface area contributed by atoms with Crippen LogP contribution in [-0.2, 0) is 6.42 Å². The maximum atomic E-state index is 11.1. The predicted octanol–water partition coefficient (Wildman–Crippen LogP) is 2.77. The van der Waals surface area contributed by atoms with Crippen molar-refractivity contribution in [3.05, 3.63) is 17.3 Å². The fourth-order valence-electron chi connectivity index (χ4n) is 1.66. The van der Waals surface area contributed by atoms with Crippen LogP contribution in [0.4, 0.5) is 5.13 Å². The average Bonchev–Trinajstić information content (AvgIpc) is 2.66. The monoisotopic (exact) mass is 265 g/mol. The number of pyridine rings is 1. The van der Waals surface area contributed by atoms with Crippen LogP contribution >= 0.6 is 11.3 Å². The molecule has 0 radical (unpaired) electrons. The first-order valence-corrected chi connectivity index (χ1v) is 6.63. The molecule has 2 rings (SSSR count). The molecule has 0 spiro atoms. The van der Waals surface area contributed by atoms with Gasteiger partial charge in [0.2, 0.25) is 0 Å². The molecular formula is C12H15N3O2S. The number of carbonyl (C=O) groups is 1. The first-order valence-electron chi connectivity index (χ1n) is 5.81. The van der Waals surface area contributed by atoms with Gasteiger partial charge in [0, 0.05) is 6.04 Å². The zero-order chi connectivity index (χ0) is 13.3. The number of aromatic carboxylic acids is 1. The van der Waals surface area contributed by atoms with Gasteiger partial charge in [-0.05, 0) is 26.3 Å². The fourth-order valence-corrected chi connectivity index (χ4v) is 2.66. The second-order valence-corrected chi connectivity index (χ2v) is 5.31. The number of nitrogens with zero attached hydrogens (tertiary/aromatic N) is 2. The summed E-state index contributed by atoms with van der Waals surface area (Å²) in [6.45, 7) is 5.94. The van der Waals surface area contributed by atoms with Crippen molar-refractivity contribution in [1.82, 2.24) is 9.97 Å². The predicted molar refractivity (Wildman–Crippen MR) is 72.5 cm³/mol. The lowest BCUT2D eigenvalue weighted by Crippen LogP contribution is -2.08. The fraction of sp³-hybridized carbons (Fsp3) is 0.417. The number of hydrogen-bond acceptors (Lipinski definition) is 5. The van der Waals surface area contributed by atoms with E-state index >= 15 is 0 Å². The van der Waals surface area contributed by atoms with Crippen LogP contribution in [0, 0.1) is 0 Å². The van der Waals surface area contributed by atoms with Crippen molar-refractivity contribution in [3.8, 4) is 0 Å². The maximum absolute atomic E-state index is 11.1. The van der Waals surface area contributed by atoms with Crippen molar-refractivity contribution in [2.75, 3.05) is 5.32 Å². The van der Waals surface area contributed by atoms with Crippen molar-refractivity contribution in [3.63, 3.8) is 0 Å². The molecule has 0 unspecified atom stereocenters. The van der Waals surface area contributed by atoms with Gasteiger partial charge in [-0.1, -0.05) is 18.3 Å². The third kappa shape index (κ3) is 2.43. The summed E-state index contributed by atoms with van der Waals surface area (Å²) in [5.41, 5.74) is 1.46. The summed E-state index contributed by atoms with van der Waals surface area (Å²) in [7, 11) is 0. The minimum Gasteiger partial charge on any atom is -0.478 e. The summed E-state index contributed by atoms with van der Waals surface area (Å²) >= 11 is 1.43. The number of rotatable bonds is 4. The topological polar surface area (TPSA) is 75.1 Å². The smallest absolute Gasteiger partial charge is 0.337 e. The summed E-state index contributed by atoms with van der Waals surface area (Å²) in [5, 5.41) is 13.1. The minimum absolute atomic E-state index is 0.268. The number of anilines is 1. The molecule has 2 aromatic rings. The molecule has 0 saturated carbocycles.